The van der Waals surface area contributed by atoms with Crippen molar-refractivity contribution >= 4 is 17.9 Å². The van der Waals surface area contributed by atoms with Gasteiger partial charge in [0.05, 0.1) is 11.3 Å². The number of esters is 3. The van der Waals surface area contributed by atoms with Crippen molar-refractivity contribution in [1.29, 1.82) is 0 Å². The highest BCUT2D eigenvalue weighted by Crippen LogP contribution is 2.55. The second-order valence-electron chi connectivity index (χ2n) is 8.41. The molecule has 0 aromatic carbocycles. The lowest BCUT2D eigenvalue weighted by atomic mass is 9.88. The first-order chi connectivity index (χ1) is 11.1. The van der Waals surface area contributed by atoms with E-state index in [0.717, 1.165) is 12.8 Å². The van der Waals surface area contributed by atoms with Gasteiger partial charge in [-0.25, -0.2) is 4.79 Å². The van der Waals surface area contributed by atoms with E-state index in [9.17, 15) is 14.4 Å². The molecule has 2 saturated carbocycles. The van der Waals surface area contributed by atoms with Gasteiger partial charge in [-0.1, -0.05) is 21.8 Å². The average Bonchev–Trinajstić information content (AvgIpc) is 3.11. The summed E-state index contributed by atoms with van der Waals surface area (Å²) < 4.78 is 16.5. The van der Waals surface area contributed by atoms with E-state index in [-0.39, 0.29) is 44.7 Å². The number of rotatable bonds is 5. The van der Waals surface area contributed by atoms with Crippen molar-refractivity contribution in [2.24, 2.45) is 23.2 Å². The Kier molecular flexibility index (Phi) is 6.22. The van der Waals surface area contributed by atoms with E-state index in [1.807, 2.05) is 6.92 Å². The van der Waals surface area contributed by atoms with Gasteiger partial charge in [-0.3, -0.25) is 9.59 Å². The van der Waals surface area contributed by atoms with E-state index in [1.54, 1.807) is 13.8 Å². The van der Waals surface area contributed by atoms with Crippen LogP contribution >= 0.6 is 0 Å². The molecule has 6 heteroatoms. The molecule has 150 valence electrons. The van der Waals surface area contributed by atoms with E-state index in [1.165, 1.54) is 13.8 Å². The van der Waals surface area contributed by atoms with Crippen LogP contribution in [0.25, 0.3) is 0 Å². The van der Waals surface area contributed by atoms with Gasteiger partial charge in [0, 0.05) is 11.8 Å². The van der Waals surface area contributed by atoms with E-state index < -0.39 is 29.1 Å². The molecule has 1 aliphatic heterocycles. The fraction of sp³-hybridized carbons (Fsp3) is 0.850. The number of hydrogen-bond donors (Lipinski definition) is 0. The van der Waals surface area contributed by atoms with Crippen molar-refractivity contribution in [2.45, 2.75) is 86.5 Å². The molecule has 3 fully saturated rings. The lowest BCUT2D eigenvalue weighted by molar-refractivity contribution is -0.192. The Labute approximate surface area is 156 Å². The molecule has 3 aliphatic rings. The molecule has 3 rings (SSSR count). The third-order valence-corrected chi connectivity index (χ3v) is 5.93. The summed E-state index contributed by atoms with van der Waals surface area (Å²) in [7, 11) is 0. The standard InChI is InChI=1S/C18H26O6.2CH4/c1-6-17(2,3)15(20)24-18(4,5)16(21)23-12-9-7-10-11(8-9)14(19)22-13(10)12;;/h9-13H,6-8H2,1-5H3;2*1H4. The molecule has 5 atom stereocenters. The number of carbonyl (C=O) groups excluding carboxylic acids is 3. The van der Waals surface area contributed by atoms with E-state index in [2.05, 4.69) is 0 Å². The molecule has 0 spiro atoms. The fourth-order valence-electron chi connectivity index (χ4n) is 3.89. The summed E-state index contributed by atoms with van der Waals surface area (Å²) in [5.41, 5.74) is -2.02. The molecule has 0 amide bonds. The minimum atomic E-state index is -1.37. The minimum Gasteiger partial charge on any atom is -0.458 e. The van der Waals surface area contributed by atoms with Crippen molar-refractivity contribution < 1.29 is 28.6 Å². The first-order valence-corrected chi connectivity index (χ1v) is 8.72. The zero-order chi connectivity index (χ0) is 17.9. The summed E-state index contributed by atoms with van der Waals surface area (Å²) in [4.78, 5) is 36.6. The Hall–Kier alpha value is -1.59. The highest BCUT2D eigenvalue weighted by molar-refractivity contribution is 5.85. The van der Waals surface area contributed by atoms with Gasteiger partial charge in [0.2, 0.25) is 5.60 Å². The predicted octanol–water partition coefficient (Wildman–Crippen LogP) is 3.51. The van der Waals surface area contributed by atoms with Crippen LogP contribution < -0.4 is 0 Å². The third-order valence-electron chi connectivity index (χ3n) is 5.93. The Morgan fingerprint density at radius 2 is 1.73 bits per heavy atom. The molecule has 0 aromatic heterocycles. The Balaban J connectivity index is 0.00000169. The van der Waals surface area contributed by atoms with Gasteiger partial charge in [-0.2, -0.15) is 0 Å². The van der Waals surface area contributed by atoms with Gasteiger partial charge in [0.15, 0.2) is 0 Å². The summed E-state index contributed by atoms with van der Waals surface area (Å²) in [5, 5.41) is 0. The van der Waals surface area contributed by atoms with Crippen LogP contribution in [0.4, 0.5) is 0 Å². The van der Waals surface area contributed by atoms with Crippen LogP contribution in [-0.2, 0) is 28.6 Å². The maximum atomic E-state index is 12.6. The molecule has 0 N–H and O–H groups in total. The van der Waals surface area contributed by atoms with Gasteiger partial charge < -0.3 is 14.2 Å². The van der Waals surface area contributed by atoms with Crippen molar-refractivity contribution in [3.05, 3.63) is 0 Å². The zero-order valence-electron chi connectivity index (χ0n) is 15.0. The lowest BCUT2D eigenvalue weighted by Gasteiger charge is -2.32. The average molecular weight is 370 g/mol. The molecular formula is C20H34O6. The van der Waals surface area contributed by atoms with E-state index in [0.29, 0.717) is 6.42 Å². The highest BCUT2D eigenvalue weighted by Gasteiger charge is 2.63. The highest BCUT2D eigenvalue weighted by atomic mass is 16.6. The van der Waals surface area contributed by atoms with Crippen LogP contribution in [0.5, 0.6) is 0 Å². The van der Waals surface area contributed by atoms with E-state index >= 15 is 0 Å². The van der Waals surface area contributed by atoms with Crippen molar-refractivity contribution in [1.82, 2.24) is 0 Å². The second kappa shape index (κ2) is 7.20. The first kappa shape index (κ1) is 22.5. The number of ether oxygens (including phenoxy) is 3. The third kappa shape index (κ3) is 3.47. The van der Waals surface area contributed by atoms with E-state index in [4.69, 9.17) is 14.2 Å². The molecule has 6 nitrogen and oxygen atoms in total. The maximum absolute atomic E-state index is 12.6. The van der Waals surface area contributed by atoms with Crippen LogP contribution in [0.3, 0.4) is 0 Å². The smallest absolute Gasteiger partial charge is 0.350 e. The molecule has 2 bridgehead atoms. The van der Waals surface area contributed by atoms with Crippen LogP contribution in [-0.4, -0.2) is 35.7 Å². The van der Waals surface area contributed by atoms with Gasteiger partial charge in [0.25, 0.3) is 0 Å². The summed E-state index contributed by atoms with van der Waals surface area (Å²) >= 11 is 0. The molecule has 2 aliphatic carbocycles. The predicted molar refractivity (Wildman–Crippen MR) is 97.2 cm³/mol. The second-order valence-corrected chi connectivity index (χ2v) is 8.41. The van der Waals surface area contributed by atoms with Crippen LogP contribution in [0.2, 0.25) is 0 Å². The van der Waals surface area contributed by atoms with Crippen LogP contribution in [0.1, 0.15) is 68.7 Å². The Morgan fingerprint density at radius 1 is 1.12 bits per heavy atom. The first-order valence-electron chi connectivity index (χ1n) is 8.72. The summed E-state index contributed by atoms with van der Waals surface area (Å²) in [6.45, 7) is 8.54. The molecule has 26 heavy (non-hydrogen) atoms. The molecule has 0 aromatic rings. The van der Waals surface area contributed by atoms with Crippen LogP contribution in [0, 0.1) is 23.2 Å². The van der Waals surface area contributed by atoms with Gasteiger partial charge in [-0.05, 0) is 47.0 Å². The summed E-state index contributed by atoms with van der Waals surface area (Å²) in [5.74, 6) is -0.858. The molecular weight excluding hydrogens is 336 g/mol. The largest absolute Gasteiger partial charge is 0.458 e. The summed E-state index contributed by atoms with van der Waals surface area (Å²) in [6.07, 6.45) is 1.46. The quantitative estimate of drug-likeness (QED) is 0.544. The Bertz CT molecular complexity index is 579. The lowest BCUT2D eigenvalue weighted by Crippen LogP contribution is -2.46. The van der Waals surface area contributed by atoms with Crippen molar-refractivity contribution in [3.8, 4) is 0 Å². The minimum absolute atomic E-state index is 0. The zero-order valence-corrected chi connectivity index (χ0v) is 15.0. The van der Waals surface area contributed by atoms with Gasteiger partial charge in [0.1, 0.15) is 12.2 Å². The maximum Gasteiger partial charge on any atom is 0.350 e. The van der Waals surface area contributed by atoms with Gasteiger partial charge in [-0.15, -0.1) is 0 Å². The molecule has 1 saturated heterocycles. The Morgan fingerprint density at radius 3 is 2.31 bits per heavy atom. The van der Waals surface area contributed by atoms with Gasteiger partial charge >= 0.3 is 17.9 Å². The SMILES string of the molecule is C.C.CCC(C)(C)C(=O)OC(C)(C)C(=O)OC1C2CC3C(=O)OC1C3C2. The monoisotopic (exact) mass is 370 g/mol. The summed E-state index contributed by atoms with van der Waals surface area (Å²) in [6, 6.07) is 0. The van der Waals surface area contributed by atoms with Crippen LogP contribution in [0.15, 0.2) is 0 Å². The normalized spacial score (nSPS) is 31.6. The molecule has 5 unspecified atom stereocenters. The number of hydrogen-bond acceptors (Lipinski definition) is 6. The number of fused-ring (bicyclic) bond motifs is 1. The van der Waals surface area contributed by atoms with Crippen molar-refractivity contribution in [3.63, 3.8) is 0 Å². The number of carbonyl (C=O) groups is 3. The molecule has 1 heterocycles. The van der Waals surface area contributed by atoms with Crippen molar-refractivity contribution in [2.75, 3.05) is 0 Å². The molecule has 0 radical (unpaired) electrons. The topological polar surface area (TPSA) is 78.9 Å². The fourth-order valence-corrected chi connectivity index (χ4v) is 3.89.